The molecule has 3 aliphatic heterocycles. The molecule has 0 radical (unpaired) electrons. The lowest BCUT2D eigenvalue weighted by molar-refractivity contribution is -0.182. The van der Waals surface area contributed by atoms with Crippen LogP contribution < -0.4 is 4.74 Å². The van der Waals surface area contributed by atoms with Crippen LogP contribution >= 0.6 is 0 Å². The van der Waals surface area contributed by atoms with E-state index in [-0.39, 0.29) is 18.0 Å². The van der Waals surface area contributed by atoms with Crippen LogP contribution in [0.15, 0.2) is 0 Å². The Kier molecular flexibility index (Phi) is 3.36. The number of amides is 1. The zero-order valence-corrected chi connectivity index (χ0v) is 14.8. The summed E-state index contributed by atoms with van der Waals surface area (Å²) in [5.74, 6) is 1.21. The van der Waals surface area contributed by atoms with E-state index in [1.165, 1.54) is 0 Å². The first kappa shape index (κ1) is 15.8. The lowest BCUT2D eigenvalue weighted by Gasteiger charge is -2.54. The van der Waals surface area contributed by atoms with Gasteiger partial charge in [0.25, 0.3) is 5.91 Å². The molecule has 5 heteroatoms. The molecule has 130 valence electrons. The van der Waals surface area contributed by atoms with Gasteiger partial charge in [-0.15, -0.1) is 0 Å². The average molecular weight is 331 g/mol. The summed E-state index contributed by atoms with van der Waals surface area (Å²) in [5.41, 5.74) is 2.84. The molecule has 1 aromatic carbocycles. The first-order valence-electron chi connectivity index (χ1n) is 8.74. The Morgan fingerprint density at radius 3 is 2.46 bits per heavy atom. The van der Waals surface area contributed by atoms with Crippen LogP contribution in [0.3, 0.4) is 0 Å². The highest BCUT2D eigenvalue weighted by atomic mass is 16.5. The van der Waals surface area contributed by atoms with Gasteiger partial charge in [-0.1, -0.05) is 0 Å². The van der Waals surface area contributed by atoms with Gasteiger partial charge in [0.05, 0.1) is 25.3 Å². The second-order valence-electron chi connectivity index (χ2n) is 7.66. The molecule has 1 aromatic rings. The minimum atomic E-state index is -0.831. The Hall–Kier alpha value is -1.75. The van der Waals surface area contributed by atoms with Crippen molar-refractivity contribution in [3.63, 3.8) is 0 Å². The summed E-state index contributed by atoms with van der Waals surface area (Å²) in [4.78, 5) is 15.1. The number of hydrogen-bond donors (Lipinski definition) is 1. The maximum absolute atomic E-state index is 13.2. The van der Waals surface area contributed by atoms with Crippen molar-refractivity contribution in [3.8, 4) is 11.5 Å². The molecule has 0 aromatic heterocycles. The normalized spacial score (nSPS) is 31.1. The lowest BCUT2D eigenvalue weighted by Crippen LogP contribution is -2.70. The third-order valence-corrected chi connectivity index (χ3v) is 6.16. The zero-order chi connectivity index (χ0) is 17.2. The molecule has 24 heavy (non-hydrogen) atoms. The summed E-state index contributed by atoms with van der Waals surface area (Å²) in [6, 6.07) is 0.421. The maximum Gasteiger partial charge on any atom is 0.267 e. The highest BCUT2D eigenvalue weighted by Crippen LogP contribution is 2.45. The fourth-order valence-electron chi connectivity index (χ4n) is 4.34. The number of carbonyl (C=O) groups is 1. The van der Waals surface area contributed by atoms with Crippen molar-refractivity contribution >= 4 is 5.91 Å². The average Bonchev–Trinajstić information content (AvgIpc) is 2.58. The van der Waals surface area contributed by atoms with Gasteiger partial charge in [-0.3, -0.25) is 4.79 Å². The Balaban J connectivity index is 1.67. The summed E-state index contributed by atoms with van der Waals surface area (Å²) in [6.07, 6.45) is 2.43. The largest absolute Gasteiger partial charge is 0.507 e. The molecule has 1 amide bonds. The molecular formula is C19H25NO4. The summed E-state index contributed by atoms with van der Waals surface area (Å²) in [6.45, 7) is 8.96. The van der Waals surface area contributed by atoms with Crippen molar-refractivity contribution in [1.29, 1.82) is 0 Å². The molecule has 0 saturated carbocycles. The number of morpholine rings is 1. The molecule has 0 spiro atoms. The van der Waals surface area contributed by atoms with Gasteiger partial charge in [0.2, 0.25) is 0 Å². The van der Waals surface area contributed by atoms with Crippen LogP contribution in [-0.2, 0) is 16.0 Å². The highest BCUT2D eigenvalue weighted by molar-refractivity contribution is 5.87. The van der Waals surface area contributed by atoms with Crippen LogP contribution in [-0.4, -0.2) is 46.8 Å². The predicted molar refractivity (Wildman–Crippen MR) is 89.5 cm³/mol. The molecule has 2 fully saturated rings. The van der Waals surface area contributed by atoms with Gasteiger partial charge in [-0.25, -0.2) is 0 Å². The zero-order valence-electron chi connectivity index (χ0n) is 14.8. The van der Waals surface area contributed by atoms with Crippen LogP contribution in [0.4, 0.5) is 0 Å². The van der Waals surface area contributed by atoms with Crippen LogP contribution in [0.25, 0.3) is 0 Å². The number of phenols is 1. The van der Waals surface area contributed by atoms with Crippen LogP contribution in [0.5, 0.6) is 11.5 Å². The summed E-state index contributed by atoms with van der Waals surface area (Å²) in [7, 11) is 0. The van der Waals surface area contributed by atoms with E-state index in [1.54, 1.807) is 0 Å². The Morgan fingerprint density at radius 1 is 1.17 bits per heavy atom. The fraction of sp³-hybridized carbons (Fsp3) is 0.632. The van der Waals surface area contributed by atoms with E-state index in [0.29, 0.717) is 25.4 Å². The number of fused-ring (bicyclic) bond motifs is 3. The fourth-order valence-corrected chi connectivity index (χ4v) is 4.34. The number of benzene rings is 1. The molecule has 3 heterocycles. The van der Waals surface area contributed by atoms with Crippen LogP contribution in [0.2, 0.25) is 0 Å². The predicted octanol–water partition coefficient (Wildman–Crippen LogP) is 2.40. The summed E-state index contributed by atoms with van der Waals surface area (Å²) >= 11 is 0. The standard InChI is InChI=1S/C19H25NO4/c1-10-11(2)17-15(12(3)16(10)21)5-6-19(4,24-17)18(22)20-13-7-14(20)9-23-8-13/h13-14,21H,5-9H2,1-4H3. The topological polar surface area (TPSA) is 59.0 Å². The number of ether oxygens (including phenoxy) is 2. The molecule has 0 aliphatic carbocycles. The molecule has 3 unspecified atom stereocenters. The van der Waals surface area contributed by atoms with Gasteiger partial charge in [-0.05, 0) is 57.2 Å². The Morgan fingerprint density at radius 2 is 1.83 bits per heavy atom. The Bertz CT molecular complexity index is 715. The molecule has 2 bridgehead atoms. The number of nitrogens with zero attached hydrogens (tertiary/aromatic N) is 1. The van der Waals surface area contributed by atoms with Crippen molar-refractivity contribution in [2.75, 3.05) is 13.2 Å². The molecule has 1 N–H and O–H groups in total. The van der Waals surface area contributed by atoms with Crippen molar-refractivity contribution in [1.82, 2.24) is 4.90 Å². The smallest absolute Gasteiger partial charge is 0.267 e. The van der Waals surface area contributed by atoms with Crippen molar-refractivity contribution in [2.24, 2.45) is 0 Å². The number of phenolic OH excluding ortho intramolecular Hbond substituents is 1. The molecule has 5 nitrogen and oxygen atoms in total. The molecule has 3 aliphatic rings. The highest BCUT2D eigenvalue weighted by Gasteiger charge is 2.52. The van der Waals surface area contributed by atoms with Gasteiger partial charge in [0.15, 0.2) is 5.60 Å². The molecule has 2 saturated heterocycles. The van der Waals surface area contributed by atoms with Crippen molar-refractivity contribution in [2.45, 2.75) is 64.6 Å². The minimum absolute atomic E-state index is 0.0838. The monoisotopic (exact) mass is 331 g/mol. The van der Waals surface area contributed by atoms with Gasteiger partial charge < -0.3 is 19.5 Å². The van der Waals surface area contributed by atoms with E-state index < -0.39 is 5.60 Å². The van der Waals surface area contributed by atoms with E-state index in [0.717, 1.165) is 40.8 Å². The van der Waals surface area contributed by atoms with Crippen molar-refractivity contribution in [3.05, 3.63) is 22.3 Å². The van der Waals surface area contributed by atoms with E-state index in [1.807, 2.05) is 32.6 Å². The third kappa shape index (κ3) is 2.00. The minimum Gasteiger partial charge on any atom is -0.507 e. The van der Waals surface area contributed by atoms with E-state index in [9.17, 15) is 9.90 Å². The molecule has 4 rings (SSSR count). The third-order valence-electron chi connectivity index (χ3n) is 6.16. The summed E-state index contributed by atoms with van der Waals surface area (Å²) in [5, 5.41) is 10.3. The van der Waals surface area contributed by atoms with E-state index in [4.69, 9.17) is 9.47 Å². The van der Waals surface area contributed by atoms with Gasteiger partial charge in [0, 0.05) is 12.0 Å². The first-order valence-corrected chi connectivity index (χ1v) is 8.74. The lowest BCUT2D eigenvalue weighted by atomic mass is 9.83. The van der Waals surface area contributed by atoms with Gasteiger partial charge in [-0.2, -0.15) is 0 Å². The maximum atomic E-state index is 13.2. The van der Waals surface area contributed by atoms with Gasteiger partial charge in [0.1, 0.15) is 11.5 Å². The second-order valence-corrected chi connectivity index (χ2v) is 7.66. The molecular weight excluding hydrogens is 306 g/mol. The second kappa shape index (κ2) is 5.12. The molecule has 3 atom stereocenters. The number of carbonyl (C=O) groups excluding carboxylic acids is 1. The Labute approximate surface area is 142 Å². The SMILES string of the molecule is Cc1c(C)c2c(c(C)c1O)CCC(C)(C(=O)N1C3COCC1C3)O2. The van der Waals surface area contributed by atoms with E-state index >= 15 is 0 Å². The number of rotatable bonds is 1. The van der Waals surface area contributed by atoms with Gasteiger partial charge >= 0.3 is 0 Å². The van der Waals surface area contributed by atoms with Crippen LogP contribution in [0, 0.1) is 20.8 Å². The van der Waals surface area contributed by atoms with Crippen LogP contribution in [0.1, 0.15) is 42.0 Å². The van der Waals surface area contributed by atoms with E-state index in [2.05, 4.69) is 0 Å². The quantitative estimate of drug-likeness (QED) is 0.858. The summed E-state index contributed by atoms with van der Waals surface area (Å²) < 4.78 is 11.8. The van der Waals surface area contributed by atoms with Crippen molar-refractivity contribution < 1.29 is 19.4 Å². The number of hydrogen-bond acceptors (Lipinski definition) is 4. The first-order chi connectivity index (χ1) is 11.3. The number of aromatic hydroxyl groups is 1.